The molecule has 0 saturated heterocycles. The lowest BCUT2D eigenvalue weighted by Gasteiger charge is -2.24. The van der Waals surface area contributed by atoms with Gasteiger partial charge in [0.2, 0.25) is 5.91 Å². The molecule has 0 radical (unpaired) electrons. The van der Waals surface area contributed by atoms with Gasteiger partial charge in [-0.2, -0.15) is 0 Å². The van der Waals surface area contributed by atoms with Gasteiger partial charge in [-0.3, -0.25) is 4.79 Å². The van der Waals surface area contributed by atoms with Gasteiger partial charge in [0.05, 0.1) is 24.7 Å². The maximum Gasteiger partial charge on any atom is 0.227 e. The van der Waals surface area contributed by atoms with Crippen molar-refractivity contribution in [3.63, 3.8) is 0 Å². The number of halogens is 1. The lowest BCUT2D eigenvalue weighted by Crippen LogP contribution is -2.37. The van der Waals surface area contributed by atoms with Crippen LogP contribution < -0.4 is 9.47 Å². The molecule has 0 N–H and O–H groups in total. The SMILES string of the molecule is CC(C)CN(C(=O)Cc1cc(Cl)c2c(c1)OCCCO2)C1CC1. The number of rotatable bonds is 5. The van der Waals surface area contributed by atoms with Gasteiger partial charge in [0, 0.05) is 19.0 Å². The first-order chi connectivity index (χ1) is 11.0. The van der Waals surface area contributed by atoms with Gasteiger partial charge >= 0.3 is 0 Å². The Hall–Kier alpha value is -1.42. The summed E-state index contributed by atoms with van der Waals surface area (Å²) in [4.78, 5) is 14.7. The van der Waals surface area contributed by atoms with E-state index < -0.39 is 0 Å². The molecule has 2 aliphatic rings. The van der Waals surface area contributed by atoms with Crippen LogP contribution in [-0.2, 0) is 11.2 Å². The van der Waals surface area contributed by atoms with E-state index in [0.29, 0.717) is 48.1 Å². The number of hydrogen-bond donors (Lipinski definition) is 0. The molecule has 4 nitrogen and oxygen atoms in total. The molecule has 0 spiro atoms. The normalized spacial score (nSPS) is 17.0. The molecule has 1 aliphatic heterocycles. The van der Waals surface area contributed by atoms with Crippen molar-refractivity contribution >= 4 is 17.5 Å². The largest absolute Gasteiger partial charge is 0.489 e. The summed E-state index contributed by atoms with van der Waals surface area (Å²) in [5, 5.41) is 0.522. The lowest BCUT2D eigenvalue weighted by molar-refractivity contribution is -0.131. The van der Waals surface area contributed by atoms with Crippen LogP contribution in [0.3, 0.4) is 0 Å². The Balaban J connectivity index is 1.75. The summed E-state index contributed by atoms with van der Waals surface area (Å²) < 4.78 is 11.3. The molecule has 1 heterocycles. The molecule has 0 atom stereocenters. The number of carbonyl (C=O) groups is 1. The first-order valence-electron chi connectivity index (χ1n) is 8.42. The van der Waals surface area contributed by atoms with Gasteiger partial charge in [-0.15, -0.1) is 0 Å². The lowest BCUT2D eigenvalue weighted by atomic mass is 10.1. The van der Waals surface area contributed by atoms with E-state index in [-0.39, 0.29) is 5.91 Å². The van der Waals surface area contributed by atoms with E-state index in [1.807, 2.05) is 17.0 Å². The number of nitrogens with zero attached hydrogens (tertiary/aromatic N) is 1. The van der Waals surface area contributed by atoms with E-state index in [1.165, 1.54) is 0 Å². The summed E-state index contributed by atoms with van der Waals surface area (Å²) >= 11 is 6.31. The number of fused-ring (bicyclic) bond motifs is 1. The fourth-order valence-corrected chi connectivity index (χ4v) is 3.18. The summed E-state index contributed by atoms with van der Waals surface area (Å²) in [7, 11) is 0. The Bertz CT molecular complexity index is 584. The topological polar surface area (TPSA) is 38.8 Å². The molecule has 0 bridgehead atoms. The predicted octanol–water partition coefficient (Wildman–Crippen LogP) is 3.69. The van der Waals surface area contributed by atoms with Gasteiger partial charge in [-0.1, -0.05) is 25.4 Å². The van der Waals surface area contributed by atoms with Crippen LogP contribution in [0.1, 0.15) is 38.7 Å². The number of hydrogen-bond acceptors (Lipinski definition) is 3. The average Bonchev–Trinajstić information content (AvgIpc) is 3.31. The zero-order valence-electron chi connectivity index (χ0n) is 13.8. The van der Waals surface area contributed by atoms with E-state index in [0.717, 1.165) is 31.4 Å². The predicted molar refractivity (Wildman–Crippen MR) is 90.3 cm³/mol. The highest BCUT2D eigenvalue weighted by molar-refractivity contribution is 6.32. The molecule has 1 fully saturated rings. The van der Waals surface area contributed by atoms with Crippen LogP contribution in [-0.4, -0.2) is 36.6 Å². The van der Waals surface area contributed by atoms with E-state index >= 15 is 0 Å². The van der Waals surface area contributed by atoms with Crippen molar-refractivity contribution < 1.29 is 14.3 Å². The van der Waals surface area contributed by atoms with Gasteiger partial charge in [0.15, 0.2) is 11.5 Å². The second-order valence-corrected chi connectivity index (χ2v) is 7.21. The third kappa shape index (κ3) is 4.11. The average molecular weight is 338 g/mol. The second-order valence-electron chi connectivity index (χ2n) is 6.80. The fourth-order valence-electron chi connectivity index (χ4n) is 2.90. The molecule has 1 saturated carbocycles. The minimum absolute atomic E-state index is 0.173. The fraction of sp³-hybridized carbons (Fsp3) is 0.611. The Morgan fingerprint density at radius 2 is 2.04 bits per heavy atom. The minimum Gasteiger partial charge on any atom is -0.489 e. The highest BCUT2D eigenvalue weighted by Crippen LogP contribution is 2.38. The van der Waals surface area contributed by atoms with Crippen LogP contribution in [0, 0.1) is 5.92 Å². The molecule has 3 rings (SSSR count). The Labute approximate surface area is 142 Å². The molecule has 0 aromatic heterocycles. The van der Waals surface area contributed by atoms with Gasteiger partial charge in [0.1, 0.15) is 0 Å². The first kappa shape index (κ1) is 16.4. The van der Waals surface area contributed by atoms with Crippen molar-refractivity contribution in [2.75, 3.05) is 19.8 Å². The van der Waals surface area contributed by atoms with Crippen LogP contribution in [0.2, 0.25) is 5.02 Å². The minimum atomic E-state index is 0.173. The van der Waals surface area contributed by atoms with Crippen molar-refractivity contribution in [3.8, 4) is 11.5 Å². The van der Waals surface area contributed by atoms with E-state index in [9.17, 15) is 4.79 Å². The molecule has 0 unspecified atom stereocenters. The zero-order valence-corrected chi connectivity index (χ0v) is 14.6. The summed E-state index contributed by atoms with van der Waals surface area (Å²) in [6.07, 6.45) is 3.45. The zero-order chi connectivity index (χ0) is 16.4. The van der Waals surface area contributed by atoms with Crippen LogP contribution in [0.4, 0.5) is 0 Å². The van der Waals surface area contributed by atoms with Crippen LogP contribution in [0.5, 0.6) is 11.5 Å². The van der Waals surface area contributed by atoms with Gasteiger partial charge in [0.25, 0.3) is 0 Å². The molecule has 1 aromatic rings. The summed E-state index contributed by atoms with van der Waals surface area (Å²) in [6.45, 7) is 6.33. The highest BCUT2D eigenvalue weighted by atomic mass is 35.5. The Morgan fingerprint density at radius 3 is 2.74 bits per heavy atom. The molecule has 1 amide bonds. The number of benzene rings is 1. The second kappa shape index (κ2) is 7.00. The third-order valence-electron chi connectivity index (χ3n) is 4.09. The summed E-state index contributed by atoms with van der Waals surface area (Å²) in [6, 6.07) is 4.15. The van der Waals surface area contributed by atoms with Gasteiger partial charge < -0.3 is 14.4 Å². The molecule has 5 heteroatoms. The summed E-state index contributed by atoms with van der Waals surface area (Å²) in [5.74, 6) is 1.90. The molecule has 23 heavy (non-hydrogen) atoms. The first-order valence-corrected chi connectivity index (χ1v) is 8.80. The van der Waals surface area contributed by atoms with Crippen molar-refractivity contribution in [2.24, 2.45) is 5.92 Å². The molecular formula is C18H24ClNO3. The van der Waals surface area contributed by atoms with Gasteiger partial charge in [-0.25, -0.2) is 0 Å². The number of ether oxygens (including phenoxy) is 2. The van der Waals surface area contributed by atoms with Crippen molar-refractivity contribution in [2.45, 2.75) is 45.6 Å². The number of carbonyl (C=O) groups excluding carboxylic acids is 1. The maximum absolute atomic E-state index is 12.7. The number of amides is 1. The summed E-state index contributed by atoms with van der Waals surface area (Å²) in [5.41, 5.74) is 0.888. The van der Waals surface area contributed by atoms with Crippen LogP contribution in [0.15, 0.2) is 12.1 Å². The maximum atomic E-state index is 12.7. The Kier molecular flexibility index (Phi) is 5.00. The third-order valence-corrected chi connectivity index (χ3v) is 4.37. The molecule has 1 aliphatic carbocycles. The van der Waals surface area contributed by atoms with Gasteiger partial charge in [-0.05, 0) is 36.5 Å². The molecule has 1 aromatic carbocycles. The quantitative estimate of drug-likeness (QED) is 0.822. The van der Waals surface area contributed by atoms with Crippen molar-refractivity contribution in [1.29, 1.82) is 0 Å². The standard InChI is InChI=1S/C18H24ClNO3/c1-12(2)11-20(14-4-5-14)17(21)10-13-8-15(19)18-16(9-13)22-6-3-7-23-18/h8-9,12,14H,3-7,10-11H2,1-2H3. The van der Waals surface area contributed by atoms with E-state index in [4.69, 9.17) is 21.1 Å². The Morgan fingerprint density at radius 1 is 1.30 bits per heavy atom. The highest BCUT2D eigenvalue weighted by Gasteiger charge is 2.32. The molecular weight excluding hydrogens is 314 g/mol. The van der Waals surface area contributed by atoms with Crippen LogP contribution in [0.25, 0.3) is 0 Å². The monoisotopic (exact) mass is 337 g/mol. The van der Waals surface area contributed by atoms with E-state index in [1.54, 1.807) is 0 Å². The smallest absolute Gasteiger partial charge is 0.227 e. The molecule has 126 valence electrons. The van der Waals surface area contributed by atoms with Crippen molar-refractivity contribution in [1.82, 2.24) is 4.90 Å². The van der Waals surface area contributed by atoms with Crippen LogP contribution >= 0.6 is 11.6 Å². The van der Waals surface area contributed by atoms with Crippen molar-refractivity contribution in [3.05, 3.63) is 22.7 Å². The van der Waals surface area contributed by atoms with E-state index in [2.05, 4.69) is 13.8 Å².